The van der Waals surface area contributed by atoms with Crippen molar-refractivity contribution in [2.75, 3.05) is 0 Å². The summed E-state index contributed by atoms with van der Waals surface area (Å²) in [4.78, 5) is 4.61. The molecule has 0 saturated carbocycles. The molecule has 2 aromatic carbocycles. The van der Waals surface area contributed by atoms with Crippen LogP contribution in [0.1, 0.15) is 27.7 Å². The Bertz CT molecular complexity index is 1090. The van der Waals surface area contributed by atoms with Crippen LogP contribution < -0.4 is 9.47 Å². The molecule has 4 rings (SSSR count). The number of aromatic nitrogens is 3. The smallest absolute Gasteiger partial charge is 0.277 e. The van der Waals surface area contributed by atoms with Crippen molar-refractivity contribution >= 4 is 23.1 Å². The lowest BCUT2D eigenvalue weighted by atomic mass is 10.2. The number of thiazole rings is 1. The molecular weight excluding hydrogens is 418 g/mol. The van der Waals surface area contributed by atoms with Gasteiger partial charge < -0.3 is 13.9 Å². The number of nitrogens with zero attached hydrogens (tertiary/aromatic N) is 3. The van der Waals surface area contributed by atoms with E-state index in [2.05, 4.69) is 22.1 Å². The van der Waals surface area contributed by atoms with Crippen LogP contribution in [0.4, 0.5) is 0 Å². The summed E-state index contributed by atoms with van der Waals surface area (Å²) in [5.41, 5.74) is 3.31. The molecule has 0 spiro atoms. The topological polar surface area (TPSA) is 70.3 Å². The Balaban J connectivity index is 1.23. The molecule has 8 heteroatoms. The summed E-state index contributed by atoms with van der Waals surface area (Å²) in [7, 11) is 0. The van der Waals surface area contributed by atoms with Gasteiger partial charge in [0, 0.05) is 11.1 Å². The van der Waals surface area contributed by atoms with Gasteiger partial charge in [0.1, 0.15) is 23.1 Å². The van der Waals surface area contributed by atoms with Gasteiger partial charge in [0.05, 0.1) is 5.69 Å². The van der Waals surface area contributed by atoms with Gasteiger partial charge in [-0.05, 0) is 43.7 Å². The largest absolute Gasteiger partial charge is 0.486 e. The van der Waals surface area contributed by atoms with Crippen LogP contribution in [0.15, 0.2) is 63.6 Å². The lowest BCUT2D eigenvalue weighted by Crippen LogP contribution is -1.95. The van der Waals surface area contributed by atoms with Gasteiger partial charge in [-0.15, -0.1) is 21.5 Å². The highest BCUT2D eigenvalue weighted by Gasteiger charge is 2.10. The van der Waals surface area contributed by atoms with Crippen molar-refractivity contribution < 1.29 is 13.9 Å². The van der Waals surface area contributed by atoms with Crippen molar-refractivity contribution in [3.63, 3.8) is 0 Å². The fourth-order valence-corrected chi connectivity index (χ4v) is 4.09. The number of benzene rings is 2. The van der Waals surface area contributed by atoms with Crippen molar-refractivity contribution in [3.05, 3.63) is 81.6 Å². The van der Waals surface area contributed by atoms with Gasteiger partial charge in [-0.1, -0.05) is 41.6 Å². The van der Waals surface area contributed by atoms with E-state index in [0.717, 1.165) is 27.8 Å². The van der Waals surface area contributed by atoms with Crippen LogP contribution in [0, 0.1) is 13.8 Å². The minimum absolute atomic E-state index is 0.244. The van der Waals surface area contributed by atoms with Crippen molar-refractivity contribution in [1.82, 2.24) is 15.2 Å². The Morgan fingerprint density at radius 3 is 2.60 bits per heavy atom. The van der Waals surface area contributed by atoms with E-state index in [-0.39, 0.29) is 6.61 Å². The molecule has 154 valence electrons. The maximum atomic E-state index is 5.78. The standard InChI is InChI=1S/C22H21N3O3S2/c1-15-6-8-18(9-7-15)27-12-21-23-17(13-29-21)14-30-22-25-24-20(28-22)11-26-19-5-3-4-16(2)10-19/h3-10,13H,11-12,14H2,1-2H3. The zero-order chi connectivity index (χ0) is 20.8. The molecule has 0 N–H and O–H groups in total. The molecule has 0 bridgehead atoms. The Hall–Kier alpha value is -2.84. The molecule has 0 amide bonds. The van der Waals surface area contributed by atoms with E-state index in [1.165, 1.54) is 17.3 Å². The molecule has 2 heterocycles. The zero-order valence-corrected chi connectivity index (χ0v) is 18.3. The van der Waals surface area contributed by atoms with Crippen LogP contribution in [-0.4, -0.2) is 15.2 Å². The Labute approximate surface area is 183 Å². The molecule has 0 unspecified atom stereocenters. The number of thioether (sulfide) groups is 1. The third kappa shape index (κ3) is 5.84. The predicted octanol–water partition coefficient (Wildman–Crippen LogP) is 5.59. The molecule has 6 nitrogen and oxygen atoms in total. The van der Waals surface area contributed by atoms with Gasteiger partial charge in [0.25, 0.3) is 11.1 Å². The van der Waals surface area contributed by atoms with Gasteiger partial charge in [-0.2, -0.15) is 0 Å². The fourth-order valence-electron chi connectivity index (χ4n) is 2.60. The van der Waals surface area contributed by atoms with Gasteiger partial charge in [0.15, 0.2) is 6.61 Å². The molecule has 2 aromatic heterocycles. The first-order valence-electron chi connectivity index (χ1n) is 9.41. The zero-order valence-electron chi connectivity index (χ0n) is 16.7. The van der Waals surface area contributed by atoms with E-state index in [9.17, 15) is 0 Å². The molecule has 0 aliphatic rings. The lowest BCUT2D eigenvalue weighted by molar-refractivity contribution is 0.252. The van der Waals surface area contributed by atoms with Gasteiger partial charge >= 0.3 is 0 Å². The molecule has 0 aliphatic heterocycles. The van der Waals surface area contributed by atoms with Crippen LogP contribution >= 0.6 is 23.1 Å². The normalized spacial score (nSPS) is 10.9. The van der Waals surface area contributed by atoms with Crippen LogP contribution in [0.25, 0.3) is 0 Å². The number of ether oxygens (including phenoxy) is 2. The predicted molar refractivity (Wildman–Crippen MR) is 117 cm³/mol. The Morgan fingerprint density at radius 2 is 1.77 bits per heavy atom. The lowest BCUT2D eigenvalue weighted by Gasteiger charge is -2.03. The highest BCUT2D eigenvalue weighted by atomic mass is 32.2. The van der Waals surface area contributed by atoms with Gasteiger partial charge in [-0.3, -0.25) is 0 Å². The first kappa shape index (κ1) is 20.4. The average molecular weight is 440 g/mol. The van der Waals surface area contributed by atoms with Crippen LogP contribution in [-0.2, 0) is 19.0 Å². The van der Waals surface area contributed by atoms with Crippen LogP contribution in [0.5, 0.6) is 11.5 Å². The molecule has 0 fully saturated rings. The minimum atomic E-state index is 0.244. The van der Waals surface area contributed by atoms with E-state index >= 15 is 0 Å². The van der Waals surface area contributed by atoms with Crippen LogP contribution in [0.3, 0.4) is 0 Å². The highest BCUT2D eigenvalue weighted by molar-refractivity contribution is 7.98. The number of rotatable bonds is 9. The van der Waals surface area contributed by atoms with Crippen molar-refractivity contribution in [1.29, 1.82) is 0 Å². The third-order valence-electron chi connectivity index (χ3n) is 4.13. The van der Waals surface area contributed by atoms with E-state index in [0.29, 0.717) is 23.5 Å². The second kappa shape index (κ2) is 9.77. The molecule has 30 heavy (non-hydrogen) atoms. The molecule has 0 radical (unpaired) electrons. The first-order chi connectivity index (χ1) is 14.6. The number of aryl methyl sites for hydroxylation is 2. The Kier molecular flexibility index (Phi) is 6.66. The SMILES string of the molecule is Cc1ccc(OCc2nc(CSc3nnc(COc4cccc(C)c4)o3)cs2)cc1. The van der Waals surface area contributed by atoms with Crippen molar-refractivity contribution in [3.8, 4) is 11.5 Å². The molecule has 0 atom stereocenters. The molecule has 4 aromatic rings. The summed E-state index contributed by atoms with van der Waals surface area (Å²) in [5, 5.41) is 11.6. The minimum Gasteiger partial charge on any atom is -0.486 e. The summed E-state index contributed by atoms with van der Waals surface area (Å²) < 4.78 is 17.1. The Morgan fingerprint density at radius 1 is 0.933 bits per heavy atom. The van der Waals surface area contributed by atoms with E-state index in [1.54, 1.807) is 11.3 Å². The number of hydrogen-bond donors (Lipinski definition) is 0. The summed E-state index contributed by atoms with van der Waals surface area (Å²) in [5.74, 6) is 2.73. The van der Waals surface area contributed by atoms with E-state index < -0.39 is 0 Å². The van der Waals surface area contributed by atoms with Crippen molar-refractivity contribution in [2.45, 2.75) is 38.0 Å². The molecule has 0 saturated heterocycles. The second-order valence-electron chi connectivity index (χ2n) is 6.69. The second-order valence-corrected chi connectivity index (χ2v) is 8.56. The average Bonchev–Trinajstić information content (AvgIpc) is 3.40. The van der Waals surface area contributed by atoms with Gasteiger partial charge in [0.2, 0.25) is 0 Å². The van der Waals surface area contributed by atoms with Crippen molar-refractivity contribution in [2.24, 2.45) is 0 Å². The third-order valence-corrected chi connectivity index (χ3v) is 5.85. The highest BCUT2D eigenvalue weighted by Crippen LogP contribution is 2.24. The van der Waals surface area contributed by atoms with Gasteiger partial charge in [-0.25, -0.2) is 4.98 Å². The monoisotopic (exact) mass is 439 g/mol. The number of hydrogen-bond acceptors (Lipinski definition) is 8. The summed E-state index contributed by atoms with van der Waals surface area (Å²) in [6.45, 7) is 4.78. The molecule has 0 aliphatic carbocycles. The van der Waals surface area contributed by atoms with E-state index in [1.807, 2.05) is 60.8 Å². The quantitative estimate of drug-likeness (QED) is 0.315. The summed E-state index contributed by atoms with van der Waals surface area (Å²) >= 11 is 3.04. The fraction of sp³-hybridized carbons (Fsp3) is 0.227. The maximum Gasteiger partial charge on any atom is 0.277 e. The summed E-state index contributed by atoms with van der Waals surface area (Å²) in [6, 6.07) is 15.8. The maximum absolute atomic E-state index is 5.78. The van der Waals surface area contributed by atoms with E-state index in [4.69, 9.17) is 13.9 Å². The first-order valence-corrected chi connectivity index (χ1v) is 11.3. The molecular formula is C22H21N3O3S2. The van der Waals surface area contributed by atoms with Crippen LogP contribution in [0.2, 0.25) is 0 Å². The summed E-state index contributed by atoms with van der Waals surface area (Å²) in [6.07, 6.45) is 0.